The number of nitrogens with one attached hydrogen (secondary N) is 1. The van der Waals surface area contributed by atoms with Crippen molar-refractivity contribution in [2.45, 2.75) is 26.1 Å². The summed E-state index contributed by atoms with van der Waals surface area (Å²) in [5.41, 5.74) is 10.6. The molecule has 0 saturated carbocycles. The highest BCUT2D eigenvalue weighted by molar-refractivity contribution is 5.58. The van der Waals surface area contributed by atoms with Crippen molar-refractivity contribution in [1.82, 2.24) is 30.1 Å². The predicted octanol–water partition coefficient (Wildman–Crippen LogP) is 2.27. The highest BCUT2D eigenvalue weighted by Gasteiger charge is 2.29. The average molecular weight is 360 g/mol. The number of aromatic nitrogens is 3. The van der Waals surface area contributed by atoms with Crippen LogP contribution in [-0.2, 0) is 13.1 Å². The highest BCUT2D eigenvalue weighted by Crippen LogP contribution is 2.27. The Bertz CT molecular complexity index is 967. The van der Waals surface area contributed by atoms with E-state index < -0.39 is 0 Å². The number of nitrogens with zero attached hydrogens (tertiary/aromatic N) is 5. The van der Waals surface area contributed by atoms with Gasteiger partial charge in [-0.2, -0.15) is 5.10 Å². The third-order valence-corrected chi connectivity index (χ3v) is 5.60. The fourth-order valence-electron chi connectivity index (χ4n) is 4.14. The van der Waals surface area contributed by atoms with Crippen LogP contribution < -0.4 is 5.43 Å². The van der Waals surface area contributed by atoms with Gasteiger partial charge in [0, 0.05) is 38.6 Å². The van der Waals surface area contributed by atoms with Gasteiger partial charge in [0.05, 0.1) is 24.0 Å². The van der Waals surface area contributed by atoms with E-state index in [1.165, 1.54) is 22.5 Å². The summed E-state index contributed by atoms with van der Waals surface area (Å²) >= 11 is 0. The highest BCUT2D eigenvalue weighted by atomic mass is 15.5. The third kappa shape index (κ3) is 2.91. The number of aryl methyl sites for hydroxylation is 1. The lowest BCUT2D eigenvalue weighted by molar-refractivity contribution is 0.203. The van der Waals surface area contributed by atoms with Gasteiger partial charge in [-0.25, -0.2) is 5.43 Å². The monoisotopic (exact) mass is 360 g/mol. The molecule has 2 aliphatic heterocycles. The Kier molecular flexibility index (Phi) is 3.95. The molecule has 5 rings (SSSR count). The molecule has 1 aliphatic carbocycles. The van der Waals surface area contributed by atoms with Crippen molar-refractivity contribution in [2.24, 2.45) is 0 Å². The van der Waals surface area contributed by atoms with Crippen molar-refractivity contribution in [3.8, 4) is 11.4 Å². The van der Waals surface area contributed by atoms with Gasteiger partial charge in [-0.1, -0.05) is 30.4 Å². The lowest BCUT2D eigenvalue weighted by Crippen LogP contribution is -2.39. The molecule has 0 radical (unpaired) electrons. The van der Waals surface area contributed by atoms with E-state index in [2.05, 4.69) is 75.4 Å². The Hall–Kier alpha value is -2.70. The van der Waals surface area contributed by atoms with Crippen LogP contribution in [0, 0.1) is 6.92 Å². The summed E-state index contributed by atoms with van der Waals surface area (Å²) < 4.78 is 2.14. The molecule has 0 amide bonds. The maximum absolute atomic E-state index is 4.80. The van der Waals surface area contributed by atoms with E-state index in [1.54, 1.807) is 0 Å². The summed E-state index contributed by atoms with van der Waals surface area (Å²) in [4.78, 5) is 7.02. The minimum Gasteiger partial charge on any atom is -0.313 e. The number of likely N-dealkylation sites (N-methyl/N-ethyl adjacent to an activating group) is 1. The molecule has 1 unspecified atom stereocenters. The molecule has 0 fully saturated rings. The van der Waals surface area contributed by atoms with Crippen molar-refractivity contribution in [3.05, 3.63) is 71.2 Å². The Morgan fingerprint density at radius 2 is 2.19 bits per heavy atom. The molecule has 2 aromatic rings. The van der Waals surface area contributed by atoms with Crippen molar-refractivity contribution < 1.29 is 0 Å². The molecule has 138 valence electrons. The van der Waals surface area contributed by atoms with Crippen LogP contribution in [-0.4, -0.2) is 50.9 Å². The number of allylic oxidation sites excluding steroid dienone is 2. The van der Waals surface area contributed by atoms with Crippen molar-refractivity contribution in [2.75, 3.05) is 20.1 Å². The Balaban J connectivity index is 1.37. The maximum Gasteiger partial charge on any atom is 0.111 e. The quantitative estimate of drug-likeness (QED) is 0.910. The normalized spacial score (nSPS) is 21.7. The van der Waals surface area contributed by atoms with Crippen molar-refractivity contribution in [3.63, 3.8) is 0 Å². The Labute approximate surface area is 159 Å². The molecule has 2 aromatic heterocycles. The Morgan fingerprint density at radius 3 is 3.07 bits per heavy atom. The largest absolute Gasteiger partial charge is 0.313 e. The SMILES string of the molecule is Cc1cccnc1-c1cc2n(n1)CCN(CC1=C3C=CC=CC3NN1C)C2. The molecule has 6 heteroatoms. The van der Waals surface area contributed by atoms with Gasteiger partial charge in [-0.15, -0.1) is 0 Å². The number of pyridine rings is 1. The molecule has 27 heavy (non-hydrogen) atoms. The summed E-state index contributed by atoms with van der Waals surface area (Å²) in [6.07, 6.45) is 10.5. The fourth-order valence-corrected chi connectivity index (χ4v) is 4.14. The topological polar surface area (TPSA) is 49.2 Å². The van der Waals surface area contributed by atoms with E-state index in [4.69, 9.17) is 5.10 Å². The van der Waals surface area contributed by atoms with Crippen molar-refractivity contribution in [1.29, 1.82) is 0 Å². The minimum atomic E-state index is 0.309. The molecular weight excluding hydrogens is 336 g/mol. The smallest absolute Gasteiger partial charge is 0.111 e. The van der Waals surface area contributed by atoms with E-state index in [0.717, 1.165) is 37.6 Å². The zero-order chi connectivity index (χ0) is 18.4. The van der Waals surface area contributed by atoms with Gasteiger partial charge in [-0.05, 0) is 30.2 Å². The second-order valence-corrected chi connectivity index (χ2v) is 7.44. The van der Waals surface area contributed by atoms with Crippen LogP contribution >= 0.6 is 0 Å². The summed E-state index contributed by atoms with van der Waals surface area (Å²) in [5, 5.41) is 6.98. The second-order valence-electron chi connectivity index (χ2n) is 7.44. The fraction of sp³-hybridized carbons (Fsp3) is 0.333. The minimum absolute atomic E-state index is 0.309. The van der Waals surface area contributed by atoms with Gasteiger partial charge < -0.3 is 5.01 Å². The zero-order valence-electron chi connectivity index (χ0n) is 15.8. The Morgan fingerprint density at radius 1 is 1.26 bits per heavy atom. The van der Waals surface area contributed by atoms with Crippen LogP contribution in [0.2, 0.25) is 0 Å². The molecule has 6 nitrogen and oxygen atoms in total. The summed E-state index contributed by atoms with van der Waals surface area (Å²) in [7, 11) is 2.11. The first-order valence-corrected chi connectivity index (χ1v) is 9.48. The average Bonchev–Trinajstić information content (AvgIpc) is 3.23. The number of rotatable bonds is 3. The van der Waals surface area contributed by atoms with E-state index in [0.29, 0.717) is 6.04 Å². The molecule has 0 aromatic carbocycles. The summed E-state index contributed by atoms with van der Waals surface area (Å²) in [6, 6.07) is 6.57. The van der Waals surface area contributed by atoms with Crippen LogP contribution in [0.15, 0.2) is 60.0 Å². The van der Waals surface area contributed by atoms with Gasteiger partial charge >= 0.3 is 0 Å². The second kappa shape index (κ2) is 6.48. The third-order valence-electron chi connectivity index (χ3n) is 5.60. The van der Waals surface area contributed by atoms with Crippen LogP contribution in [0.4, 0.5) is 0 Å². The number of hydrogen-bond acceptors (Lipinski definition) is 5. The van der Waals surface area contributed by atoms with Gasteiger partial charge in [0.25, 0.3) is 0 Å². The van der Waals surface area contributed by atoms with Gasteiger partial charge in [-0.3, -0.25) is 14.6 Å². The molecule has 1 atom stereocenters. The molecule has 4 heterocycles. The van der Waals surface area contributed by atoms with E-state index in [-0.39, 0.29) is 0 Å². The predicted molar refractivity (Wildman–Crippen MR) is 105 cm³/mol. The molecule has 0 spiro atoms. The summed E-state index contributed by atoms with van der Waals surface area (Å²) in [6.45, 7) is 5.86. The van der Waals surface area contributed by atoms with Crippen LogP contribution in [0.3, 0.4) is 0 Å². The number of hydrazine groups is 1. The first kappa shape index (κ1) is 16.5. The first-order valence-electron chi connectivity index (χ1n) is 9.48. The zero-order valence-corrected chi connectivity index (χ0v) is 15.8. The molecule has 0 saturated heterocycles. The van der Waals surface area contributed by atoms with Gasteiger partial charge in [0.2, 0.25) is 0 Å². The number of fused-ring (bicyclic) bond motifs is 2. The van der Waals surface area contributed by atoms with Crippen LogP contribution in [0.1, 0.15) is 11.3 Å². The molecule has 0 bridgehead atoms. The van der Waals surface area contributed by atoms with E-state index >= 15 is 0 Å². The lowest BCUT2D eigenvalue weighted by Gasteiger charge is -2.29. The number of hydrogen-bond donors (Lipinski definition) is 1. The molecule has 3 aliphatic rings. The lowest BCUT2D eigenvalue weighted by atomic mass is 10.0. The first-order chi connectivity index (χ1) is 13.2. The van der Waals surface area contributed by atoms with E-state index in [9.17, 15) is 0 Å². The molecule has 1 N–H and O–H groups in total. The van der Waals surface area contributed by atoms with Gasteiger partial charge in [0.1, 0.15) is 5.69 Å². The maximum atomic E-state index is 4.80. The van der Waals surface area contributed by atoms with Crippen molar-refractivity contribution >= 4 is 0 Å². The molecular formula is C21H24N6. The van der Waals surface area contributed by atoms with Crippen LogP contribution in [0.5, 0.6) is 0 Å². The summed E-state index contributed by atoms with van der Waals surface area (Å²) in [5.74, 6) is 0. The van der Waals surface area contributed by atoms with Crippen LogP contribution in [0.25, 0.3) is 11.4 Å². The van der Waals surface area contributed by atoms with E-state index in [1.807, 2.05) is 12.3 Å². The standard InChI is InChI=1S/C21H24N6/c1-15-6-5-9-22-21(15)19-12-16-13-26(10-11-27(16)24-19)14-20-17-7-3-4-8-18(17)23-25(20)2/h3-9,12,18,23H,10-11,13-14H2,1-2H3. The van der Waals surface area contributed by atoms with Gasteiger partial charge in [0.15, 0.2) is 0 Å².